The van der Waals surface area contributed by atoms with Gasteiger partial charge < -0.3 is 0 Å². The van der Waals surface area contributed by atoms with E-state index in [0.29, 0.717) is 11.1 Å². The lowest BCUT2D eigenvalue weighted by Crippen LogP contribution is -2.50. The van der Waals surface area contributed by atoms with Crippen molar-refractivity contribution in [3.8, 4) is 6.07 Å². The highest BCUT2D eigenvalue weighted by Gasteiger charge is 2.49. The molecule has 2 rings (SSSR count). The molecule has 1 fully saturated rings. The normalized spacial score (nSPS) is 19.2. The van der Waals surface area contributed by atoms with Gasteiger partial charge >= 0.3 is 6.18 Å². The Labute approximate surface area is 132 Å². The number of hydrogen-bond donors (Lipinski definition) is 1. The molecular formula is C16H18F3N3O. The number of carbonyl (C=O) groups excluding carboxylic acids is 1. The summed E-state index contributed by atoms with van der Waals surface area (Å²) in [5.41, 5.74) is 2.42. The van der Waals surface area contributed by atoms with Gasteiger partial charge in [0.05, 0.1) is 17.0 Å². The minimum absolute atomic E-state index is 0.00406. The van der Waals surface area contributed by atoms with Crippen LogP contribution in [0.15, 0.2) is 24.3 Å². The number of hydrazine groups is 1. The fraction of sp³-hybridized carbons (Fsp3) is 0.500. The van der Waals surface area contributed by atoms with Gasteiger partial charge in [0, 0.05) is 6.54 Å². The van der Waals surface area contributed by atoms with Crippen LogP contribution in [0.4, 0.5) is 13.2 Å². The number of alkyl halides is 3. The Hall–Kier alpha value is -2.07. The van der Waals surface area contributed by atoms with Gasteiger partial charge in [-0.05, 0) is 38.3 Å². The summed E-state index contributed by atoms with van der Waals surface area (Å²) in [6, 6.07) is 6.81. The Morgan fingerprint density at radius 2 is 2.04 bits per heavy atom. The van der Waals surface area contributed by atoms with E-state index in [1.54, 1.807) is 38.1 Å². The van der Waals surface area contributed by atoms with Crippen molar-refractivity contribution in [2.24, 2.45) is 5.41 Å². The number of nitrogens with zero attached hydrogens (tertiary/aromatic N) is 2. The van der Waals surface area contributed by atoms with Crippen LogP contribution >= 0.6 is 0 Å². The van der Waals surface area contributed by atoms with Crippen LogP contribution in [0.25, 0.3) is 0 Å². The summed E-state index contributed by atoms with van der Waals surface area (Å²) in [6.07, 6.45) is -4.57. The zero-order chi connectivity index (χ0) is 17.3. The van der Waals surface area contributed by atoms with E-state index >= 15 is 0 Å². The standard InChI is InChI=1S/C16H18F3N3O/c1-15(2)10-22(21-14(15)23)13(16(17,18)19)8-7-11-5-3-4-6-12(11)9-20/h3-6,13H,7-8,10H2,1-2H3,(H,21,23)/t13-/m0/s1. The smallest absolute Gasteiger partial charge is 0.288 e. The predicted octanol–water partition coefficient (Wildman–Crippen LogP) is 2.79. The van der Waals surface area contributed by atoms with Gasteiger partial charge in [0.15, 0.2) is 0 Å². The van der Waals surface area contributed by atoms with Crippen LogP contribution in [0.3, 0.4) is 0 Å². The second kappa shape index (κ2) is 6.20. The lowest BCUT2D eigenvalue weighted by Gasteiger charge is -2.29. The van der Waals surface area contributed by atoms with Crippen LogP contribution in [0.2, 0.25) is 0 Å². The van der Waals surface area contributed by atoms with Crippen molar-refractivity contribution in [3.05, 3.63) is 35.4 Å². The fourth-order valence-electron chi connectivity index (χ4n) is 2.64. The van der Waals surface area contributed by atoms with Gasteiger partial charge in [-0.15, -0.1) is 0 Å². The molecule has 124 valence electrons. The molecule has 1 saturated heterocycles. The molecule has 1 aliphatic rings. The van der Waals surface area contributed by atoms with Gasteiger partial charge in [-0.2, -0.15) is 18.4 Å². The van der Waals surface area contributed by atoms with Crippen LogP contribution in [0.1, 0.15) is 31.4 Å². The number of aryl methyl sites for hydroxylation is 1. The third-order valence-corrected chi connectivity index (χ3v) is 4.00. The third kappa shape index (κ3) is 3.82. The average Bonchev–Trinajstić information content (AvgIpc) is 2.71. The molecule has 0 aliphatic carbocycles. The summed E-state index contributed by atoms with van der Waals surface area (Å²) in [4.78, 5) is 11.7. The van der Waals surface area contributed by atoms with E-state index < -0.39 is 23.5 Å². The number of rotatable bonds is 4. The molecule has 1 N–H and O–H groups in total. The first-order valence-corrected chi connectivity index (χ1v) is 7.27. The molecule has 7 heteroatoms. The molecule has 0 unspecified atom stereocenters. The number of amides is 1. The highest BCUT2D eigenvalue weighted by atomic mass is 19.4. The first kappa shape index (κ1) is 17.3. The van der Waals surface area contributed by atoms with E-state index in [4.69, 9.17) is 5.26 Å². The molecule has 1 aromatic rings. The van der Waals surface area contributed by atoms with Crippen LogP contribution in [-0.4, -0.2) is 29.7 Å². The second-order valence-electron chi connectivity index (χ2n) is 6.32. The Kier molecular flexibility index (Phi) is 4.66. The van der Waals surface area contributed by atoms with Crippen molar-refractivity contribution in [1.82, 2.24) is 10.4 Å². The molecule has 0 aromatic heterocycles. The zero-order valence-electron chi connectivity index (χ0n) is 12.9. The lowest BCUT2D eigenvalue weighted by molar-refractivity contribution is -0.190. The molecule has 4 nitrogen and oxygen atoms in total. The number of nitrogens with one attached hydrogen (secondary N) is 1. The van der Waals surface area contributed by atoms with E-state index in [2.05, 4.69) is 5.43 Å². The molecule has 0 spiro atoms. The molecule has 23 heavy (non-hydrogen) atoms. The van der Waals surface area contributed by atoms with Crippen LogP contribution < -0.4 is 5.43 Å². The Bertz CT molecular complexity index is 634. The predicted molar refractivity (Wildman–Crippen MR) is 78.0 cm³/mol. The molecule has 0 saturated carbocycles. The van der Waals surface area contributed by atoms with Gasteiger partial charge in [0.1, 0.15) is 6.04 Å². The van der Waals surface area contributed by atoms with Gasteiger partial charge in [0.25, 0.3) is 0 Å². The summed E-state index contributed by atoms with van der Waals surface area (Å²) < 4.78 is 40.1. The Morgan fingerprint density at radius 3 is 2.57 bits per heavy atom. The van der Waals surface area contributed by atoms with Crippen molar-refractivity contribution in [3.63, 3.8) is 0 Å². The Balaban J connectivity index is 2.15. The fourth-order valence-corrected chi connectivity index (χ4v) is 2.64. The molecular weight excluding hydrogens is 307 g/mol. The Morgan fingerprint density at radius 1 is 1.39 bits per heavy atom. The first-order valence-electron chi connectivity index (χ1n) is 7.27. The third-order valence-electron chi connectivity index (χ3n) is 4.00. The highest BCUT2D eigenvalue weighted by Crippen LogP contribution is 2.33. The average molecular weight is 325 g/mol. The summed E-state index contributed by atoms with van der Waals surface area (Å²) in [5, 5.41) is 9.99. The van der Waals surface area contributed by atoms with E-state index in [1.807, 2.05) is 6.07 Å². The lowest BCUT2D eigenvalue weighted by atomic mass is 9.93. The molecule has 0 radical (unpaired) electrons. The zero-order valence-corrected chi connectivity index (χ0v) is 12.9. The quantitative estimate of drug-likeness (QED) is 0.926. The van der Waals surface area contributed by atoms with Crippen molar-refractivity contribution in [2.45, 2.75) is 38.9 Å². The molecule has 1 aliphatic heterocycles. The second-order valence-corrected chi connectivity index (χ2v) is 6.32. The molecule has 1 amide bonds. The van der Waals surface area contributed by atoms with E-state index in [-0.39, 0.29) is 19.4 Å². The van der Waals surface area contributed by atoms with Crippen LogP contribution in [0.5, 0.6) is 0 Å². The van der Waals surface area contributed by atoms with Gasteiger partial charge in [0.2, 0.25) is 5.91 Å². The maximum Gasteiger partial charge on any atom is 0.405 e. The number of nitriles is 1. The molecule has 1 aromatic carbocycles. The number of carbonyl (C=O) groups is 1. The molecule has 1 heterocycles. The summed E-state index contributed by atoms with van der Waals surface area (Å²) >= 11 is 0. The molecule has 0 bridgehead atoms. The SMILES string of the molecule is CC1(C)CN([C@@H](CCc2ccccc2C#N)C(F)(F)F)NC1=O. The minimum Gasteiger partial charge on any atom is -0.288 e. The van der Waals surface area contributed by atoms with Crippen molar-refractivity contribution in [2.75, 3.05) is 6.54 Å². The van der Waals surface area contributed by atoms with Crippen LogP contribution in [-0.2, 0) is 11.2 Å². The monoisotopic (exact) mass is 325 g/mol. The minimum atomic E-state index is -4.46. The largest absolute Gasteiger partial charge is 0.405 e. The van der Waals surface area contributed by atoms with E-state index in [1.165, 1.54) is 0 Å². The number of hydrogen-bond acceptors (Lipinski definition) is 3. The first-order chi connectivity index (χ1) is 10.6. The number of benzene rings is 1. The topological polar surface area (TPSA) is 56.1 Å². The molecule has 1 atom stereocenters. The maximum atomic E-state index is 13.4. The summed E-state index contributed by atoms with van der Waals surface area (Å²) in [7, 11) is 0. The van der Waals surface area contributed by atoms with E-state index in [9.17, 15) is 18.0 Å². The van der Waals surface area contributed by atoms with Crippen molar-refractivity contribution in [1.29, 1.82) is 5.26 Å². The van der Waals surface area contributed by atoms with Crippen molar-refractivity contribution < 1.29 is 18.0 Å². The van der Waals surface area contributed by atoms with E-state index in [0.717, 1.165) is 5.01 Å². The van der Waals surface area contributed by atoms with Gasteiger partial charge in [-0.25, -0.2) is 5.01 Å². The summed E-state index contributed by atoms with van der Waals surface area (Å²) in [5.74, 6) is -0.413. The highest BCUT2D eigenvalue weighted by molar-refractivity contribution is 5.83. The number of halogens is 3. The van der Waals surface area contributed by atoms with Gasteiger partial charge in [-0.1, -0.05) is 18.2 Å². The van der Waals surface area contributed by atoms with Crippen molar-refractivity contribution >= 4 is 5.91 Å². The van der Waals surface area contributed by atoms with Crippen LogP contribution in [0, 0.1) is 16.7 Å². The summed E-state index contributed by atoms with van der Waals surface area (Å²) in [6.45, 7) is 3.22. The maximum absolute atomic E-state index is 13.4. The van der Waals surface area contributed by atoms with Gasteiger partial charge in [-0.3, -0.25) is 10.2 Å².